The van der Waals surface area contributed by atoms with Gasteiger partial charge in [0.1, 0.15) is 0 Å². The molecule has 0 radical (unpaired) electrons. The van der Waals surface area contributed by atoms with Crippen molar-refractivity contribution in [2.75, 3.05) is 18.4 Å². The van der Waals surface area contributed by atoms with Crippen molar-refractivity contribution in [2.24, 2.45) is 11.8 Å². The number of anilines is 1. The van der Waals surface area contributed by atoms with Crippen LogP contribution in [0.15, 0.2) is 5.38 Å². The zero-order valence-corrected chi connectivity index (χ0v) is 15.0. The SMILES string of the molecule is CC1CCN(Cc2csc(NC(=O)CCC3CCCC3)n2)CC1. The summed E-state index contributed by atoms with van der Waals surface area (Å²) >= 11 is 1.56. The molecule has 128 valence electrons. The summed E-state index contributed by atoms with van der Waals surface area (Å²) in [6.07, 6.45) is 9.56. The Hall–Kier alpha value is -0.940. The van der Waals surface area contributed by atoms with Crippen molar-refractivity contribution in [3.8, 4) is 0 Å². The minimum atomic E-state index is 0.129. The molecule has 5 heteroatoms. The van der Waals surface area contributed by atoms with Crippen molar-refractivity contribution in [2.45, 2.75) is 64.8 Å². The molecule has 1 saturated heterocycles. The second-order valence-corrected chi connectivity index (χ2v) is 8.20. The molecule has 0 unspecified atom stereocenters. The first-order valence-corrected chi connectivity index (χ1v) is 10.0. The lowest BCUT2D eigenvalue weighted by Gasteiger charge is -2.29. The predicted molar refractivity (Wildman–Crippen MR) is 95.6 cm³/mol. The van der Waals surface area contributed by atoms with Gasteiger partial charge in [0.15, 0.2) is 5.13 Å². The van der Waals surface area contributed by atoms with Crippen LogP contribution in [0.5, 0.6) is 0 Å². The highest BCUT2D eigenvalue weighted by molar-refractivity contribution is 7.13. The number of likely N-dealkylation sites (tertiary alicyclic amines) is 1. The summed E-state index contributed by atoms with van der Waals surface area (Å²) in [5, 5.41) is 5.83. The van der Waals surface area contributed by atoms with Crippen molar-refractivity contribution in [3.63, 3.8) is 0 Å². The maximum atomic E-state index is 12.0. The summed E-state index contributed by atoms with van der Waals surface area (Å²) in [6.45, 7) is 5.59. The molecule has 1 aliphatic carbocycles. The Morgan fingerprint density at radius 1 is 1.30 bits per heavy atom. The van der Waals surface area contributed by atoms with Gasteiger partial charge in [0.25, 0.3) is 0 Å². The molecule has 0 spiro atoms. The number of hydrogen-bond acceptors (Lipinski definition) is 4. The van der Waals surface area contributed by atoms with Gasteiger partial charge in [-0.1, -0.05) is 32.6 Å². The number of nitrogens with one attached hydrogen (secondary N) is 1. The molecule has 0 aromatic carbocycles. The monoisotopic (exact) mass is 335 g/mol. The van der Waals surface area contributed by atoms with E-state index in [1.54, 1.807) is 11.3 Å². The topological polar surface area (TPSA) is 45.2 Å². The van der Waals surface area contributed by atoms with E-state index >= 15 is 0 Å². The van der Waals surface area contributed by atoms with Crippen LogP contribution in [0.3, 0.4) is 0 Å². The van der Waals surface area contributed by atoms with Gasteiger partial charge < -0.3 is 5.32 Å². The molecule has 2 fully saturated rings. The molecule has 1 saturated carbocycles. The minimum absolute atomic E-state index is 0.129. The zero-order chi connectivity index (χ0) is 16.1. The summed E-state index contributed by atoms with van der Waals surface area (Å²) in [6, 6.07) is 0. The second kappa shape index (κ2) is 8.25. The fourth-order valence-corrected chi connectivity index (χ4v) is 4.42. The molecule has 23 heavy (non-hydrogen) atoms. The Labute approximate surface area is 143 Å². The van der Waals surface area contributed by atoms with Crippen LogP contribution in [0.25, 0.3) is 0 Å². The van der Waals surface area contributed by atoms with Gasteiger partial charge in [-0.2, -0.15) is 0 Å². The first-order valence-electron chi connectivity index (χ1n) is 9.15. The van der Waals surface area contributed by atoms with E-state index in [2.05, 4.69) is 27.5 Å². The highest BCUT2D eigenvalue weighted by Crippen LogP contribution is 2.28. The Kier molecular flexibility index (Phi) is 6.06. The quantitative estimate of drug-likeness (QED) is 0.844. The molecule has 0 bridgehead atoms. The molecular formula is C18H29N3OS. The minimum Gasteiger partial charge on any atom is -0.302 e. The van der Waals surface area contributed by atoms with E-state index in [-0.39, 0.29) is 5.91 Å². The van der Waals surface area contributed by atoms with Crippen LogP contribution in [-0.4, -0.2) is 28.9 Å². The predicted octanol–water partition coefficient (Wildman–Crippen LogP) is 4.28. The van der Waals surface area contributed by atoms with Crippen molar-refractivity contribution < 1.29 is 4.79 Å². The Morgan fingerprint density at radius 2 is 2.04 bits per heavy atom. The Bertz CT molecular complexity index is 502. The normalized spacial score (nSPS) is 20.9. The molecule has 3 rings (SSSR count). The van der Waals surface area contributed by atoms with E-state index in [9.17, 15) is 4.79 Å². The van der Waals surface area contributed by atoms with Crippen LogP contribution in [-0.2, 0) is 11.3 Å². The molecule has 1 amide bonds. The molecule has 1 aromatic heterocycles. The van der Waals surface area contributed by atoms with Crippen LogP contribution in [0, 0.1) is 11.8 Å². The highest BCUT2D eigenvalue weighted by Gasteiger charge is 2.18. The van der Waals surface area contributed by atoms with E-state index < -0.39 is 0 Å². The molecule has 0 atom stereocenters. The summed E-state index contributed by atoms with van der Waals surface area (Å²) in [7, 11) is 0. The third-order valence-corrected chi connectivity index (χ3v) is 6.12. The van der Waals surface area contributed by atoms with Crippen LogP contribution in [0.1, 0.15) is 64.0 Å². The van der Waals surface area contributed by atoms with Crippen LogP contribution >= 0.6 is 11.3 Å². The van der Waals surface area contributed by atoms with E-state index in [4.69, 9.17) is 0 Å². The molecule has 1 N–H and O–H groups in total. The van der Waals surface area contributed by atoms with Crippen LogP contribution in [0.2, 0.25) is 0 Å². The number of hydrogen-bond donors (Lipinski definition) is 1. The first-order chi connectivity index (χ1) is 11.2. The fraction of sp³-hybridized carbons (Fsp3) is 0.778. The van der Waals surface area contributed by atoms with Crippen LogP contribution < -0.4 is 5.32 Å². The van der Waals surface area contributed by atoms with Gasteiger partial charge in [0.2, 0.25) is 5.91 Å². The smallest absolute Gasteiger partial charge is 0.226 e. The van der Waals surface area contributed by atoms with E-state index in [1.807, 2.05) is 0 Å². The van der Waals surface area contributed by atoms with Crippen molar-refractivity contribution >= 4 is 22.4 Å². The summed E-state index contributed by atoms with van der Waals surface area (Å²) in [5.74, 6) is 1.76. The molecule has 2 aliphatic rings. The molecule has 2 heterocycles. The maximum Gasteiger partial charge on any atom is 0.226 e. The van der Waals surface area contributed by atoms with Crippen molar-refractivity contribution in [1.29, 1.82) is 0 Å². The van der Waals surface area contributed by atoms with Crippen molar-refractivity contribution in [3.05, 3.63) is 11.1 Å². The fourth-order valence-electron chi connectivity index (χ4n) is 3.70. The largest absolute Gasteiger partial charge is 0.302 e. The first kappa shape index (κ1) is 16.9. The third kappa shape index (κ3) is 5.28. The summed E-state index contributed by atoms with van der Waals surface area (Å²) in [4.78, 5) is 19.1. The maximum absolute atomic E-state index is 12.0. The van der Waals surface area contributed by atoms with Crippen LogP contribution in [0.4, 0.5) is 5.13 Å². The average molecular weight is 336 g/mol. The number of piperidine rings is 1. The third-order valence-electron chi connectivity index (χ3n) is 5.31. The van der Waals surface area contributed by atoms with Gasteiger partial charge in [0.05, 0.1) is 5.69 Å². The molecule has 1 aromatic rings. The van der Waals surface area contributed by atoms with E-state index in [0.717, 1.165) is 35.6 Å². The number of amides is 1. The molecule has 1 aliphatic heterocycles. The lowest BCUT2D eigenvalue weighted by atomic mass is 9.99. The summed E-state index contributed by atoms with van der Waals surface area (Å²) in [5.41, 5.74) is 1.09. The van der Waals surface area contributed by atoms with E-state index in [1.165, 1.54) is 51.6 Å². The molecular weight excluding hydrogens is 306 g/mol. The number of carbonyl (C=O) groups is 1. The lowest BCUT2D eigenvalue weighted by molar-refractivity contribution is -0.116. The second-order valence-electron chi connectivity index (χ2n) is 7.34. The Balaban J connectivity index is 1.40. The standard InChI is InChI=1S/C18H29N3OS/c1-14-8-10-21(11-9-14)12-16-13-23-18(19-16)20-17(22)7-6-15-4-2-3-5-15/h13-15H,2-12H2,1H3,(H,19,20,22). The average Bonchev–Trinajstić information content (AvgIpc) is 3.20. The molecule has 4 nitrogen and oxygen atoms in total. The summed E-state index contributed by atoms with van der Waals surface area (Å²) < 4.78 is 0. The lowest BCUT2D eigenvalue weighted by Crippen LogP contribution is -2.32. The van der Waals surface area contributed by atoms with Gasteiger partial charge >= 0.3 is 0 Å². The highest BCUT2D eigenvalue weighted by atomic mass is 32.1. The number of carbonyl (C=O) groups excluding carboxylic acids is 1. The van der Waals surface area contributed by atoms with Crippen molar-refractivity contribution in [1.82, 2.24) is 9.88 Å². The number of nitrogens with zero attached hydrogens (tertiary/aromatic N) is 2. The zero-order valence-electron chi connectivity index (χ0n) is 14.2. The number of aromatic nitrogens is 1. The number of thiazole rings is 1. The number of rotatable bonds is 6. The van der Waals surface area contributed by atoms with Gasteiger partial charge in [-0.15, -0.1) is 11.3 Å². The van der Waals surface area contributed by atoms with Gasteiger partial charge in [-0.05, 0) is 44.2 Å². The Morgan fingerprint density at radius 3 is 2.78 bits per heavy atom. The van der Waals surface area contributed by atoms with Gasteiger partial charge in [0, 0.05) is 18.3 Å². The van der Waals surface area contributed by atoms with Gasteiger partial charge in [-0.25, -0.2) is 4.98 Å². The van der Waals surface area contributed by atoms with Gasteiger partial charge in [-0.3, -0.25) is 9.69 Å². The van der Waals surface area contributed by atoms with E-state index in [0.29, 0.717) is 6.42 Å².